The maximum Gasteiger partial charge on any atom is 0.462 e. The van der Waals surface area contributed by atoms with Crippen LogP contribution in [0.4, 0.5) is 0 Å². The number of hydrogen-bond donors (Lipinski definition) is 0. The second-order valence-corrected chi connectivity index (χ2v) is 6.32. The third-order valence-corrected chi connectivity index (χ3v) is 4.19. The van der Waals surface area contributed by atoms with Gasteiger partial charge in [0.05, 0.1) is 11.2 Å². The monoisotopic (exact) mass is 246 g/mol. The molecule has 0 amide bonds. The minimum absolute atomic E-state index is 0.143. The summed E-state index contributed by atoms with van der Waals surface area (Å²) in [6.07, 6.45) is 0.820. The molecule has 0 aromatic heterocycles. The fraction of sp³-hybridized carbons (Fsp3) is 0.600. The quantitative estimate of drug-likeness (QED) is 0.744. The smallest absolute Gasteiger partial charge is 0.403 e. The van der Waals surface area contributed by atoms with Crippen molar-refractivity contribution in [2.45, 2.75) is 59.1 Å². The van der Waals surface area contributed by atoms with Crippen LogP contribution in [0, 0.1) is 13.8 Å². The van der Waals surface area contributed by atoms with E-state index >= 15 is 0 Å². The van der Waals surface area contributed by atoms with Crippen LogP contribution in [-0.2, 0) is 15.6 Å². The average molecular weight is 246 g/mol. The molecule has 1 saturated heterocycles. The van der Waals surface area contributed by atoms with Crippen LogP contribution in [-0.4, -0.2) is 18.3 Å². The molecule has 18 heavy (non-hydrogen) atoms. The molecule has 0 radical (unpaired) electrons. The zero-order valence-corrected chi connectivity index (χ0v) is 12.3. The molecule has 0 aliphatic carbocycles. The van der Waals surface area contributed by atoms with Gasteiger partial charge in [-0.15, -0.1) is 0 Å². The number of hydrogen-bond acceptors (Lipinski definition) is 2. The van der Waals surface area contributed by atoms with Crippen molar-refractivity contribution in [2.75, 3.05) is 0 Å². The highest BCUT2D eigenvalue weighted by molar-refractivity contribution is 6.45. The van der Waals surface area contributed by atoms with E-state index in [1.165, 1.54) is 16.7 Å². The Kier molecular flexibility index (Phi) is 3.33. The molecule has 1 aromatic rings. The lowest BCUT2D eigenvalue weighted by molar-refractivity contribution is 0.00578. The van der Waals surface area contributed by atoms with Crippen molar-refractivity contribution in [1.29, 1.82) is 0 Å². The topological polar surface area (TPSA) is 18.5 Å². The normalized spacial score (nSPS) is 21.3. The minimum Gasteiger partial charge on any atom is -0.403 e. The summed E-state index contributed by atoms with van der Waals surface area (Å²) in [6.45, 7) is 12.6. The highest BCUT2D eigenvalue weighted by Crippen LogP contribution is 2.37. The average Bonchev–Trinajstić information content (AvgIpc) is 2.41. The fourth-order valence-electron chi connectivity index (χ4n) is 2.25. The van der Waals surface area contributed by atoms with Gasteiger partial charge in [-0.1, -0.05) is 23.8 Å². The van der Waals surface area contributed by atoms with Gasteiger partial charge in [-0.2, -0.15) is 0 Å². The molecule has 0 spiro atoms. The Labute approximate surface area is 111 Å². The standard InChI is InChI=1S/C15H23BO2/c1-11-7-8-12(2)13(9-11)10-16-17-14(3,4)15(5,6)18-16/h7-9H,10H2,1-6H3. The number of rotatable bonds is 2. The predicted octanol–water partition coefficient (Wildman–Crippen LogP) is 3.48. The van der Waals surface area contributed by atoms with Gasteiger partial charge in [0, 0.05) is 6.32 Å². The van der Waals surface area contributed by atoms with E-state index in [2.05, 4.69) is 59.7 Å². The SMILES string of the molecule is Cc1ccc(C)c(CB2OC(C)(C)C(C)(C)O2)c1. The van der Waals surface area contributed by atoms with E-state index in [4.69, 9.17) is 9.31 Å². The van der Waals surface area contributed by atoms with Crippen LogP contribution in [0.2, 0.25) is 0 Å². The Hall–Kier alpha value is -0.795. The molecule has 1 aliphatic heterocycles. The van der Waals surface area contributed by atoms with E-state index in [1.54, 1.807) is 0 Å². The lowest BCUT2D eigenvalue weighted by Crippen LogP contribution is -2.41. The molecule has 0 bridgehead atoms. The summed E-state index contributed by atoms with van der Waals surface area (Å²) in [5.41, 5.74) is 3.42. The molecule has 1 heterocycles. The molecule has 2 nitrogen and oxygen atoms in total. The molecule has 0 N–H and O–H groups in total. The van der Waals surface area contributed by atoms with Gasteiger partial charge in [0.25, 0.3) is 0 Å². The Bertz CT molecular complexity index is 436. The van der Waals surface area contributed by atoms with Gasteiger partial charge in [-0.3, -0.25) is 0 Å². The summed E-state index contributed by atoms with van der Waals surface area (Å²) >= 11 is 0. The minimum atomic E-state index is -0.241. The number of aryl methyl sites for hydroxylation is 2. The summed E-state index contributed by atoms with van der Waals surface area (Å²) in [6, 6.07) is 6.53. The molecule has 98 valence electrons. The summed E-state index contributed by atoms with van der Waals surface area (Å²) in [5.74, 6) is 0. The van der Waals surface area contributed by atoms with E-state index in [0.717, 1.165) is 6.32 Å². The molecular formula is C15H23BO2. The van der Waals surface area contributed by atoms with Gasteiger partial charge in [0.15, 0.2) is 0 Å². The Morgan fingerprint density at radius 2 is 1.56 bits per heavy atom. The molecule has 0 saturated carbocycles. The third kappa shape index (κ3) is 2.48. The summed E-state index contributed by atoms with van der Waals surface area (Å²) in [5, 5.41) is 0. The second kappa shape index (κ2) is 4.39. The Morgan fingerprint density at radius 3 is 2.11 bits per heavy atom. The zero-order chi connectivity index (χ0) is 13.6. The van der Waals surface area contributed by atoms with Crippen LogP contribution in [0.25, 0.3) is 0 Å². The predicted molar refractivity (Wildman–Crippen MR) is 75.7 cm³/mol. The lowest BCUT2D eigenvalue weighted by atomic mass is 9.79. The molecule has 2 rings (SSSR count). The maximum absolute atomic E-state index is 6.04. The first-order valence-electron chi connectivity index (χ1n) is 6.63. The summed E-state index contributed by atoms with van der Waals surface area (Å²) in [4.78, 5) is 0. The van der Waals surface area contributed by atoms with Crippen molar-refractivity contribution >= 4 is 7.12 Å². The van der Waals surface area contributed by atoms with E-state index in [9.17, 15) is 0 Å². The van der Waals surface area contributed by atoms with E-state index in [0.29, 0.717) is 0 Å². The van der Waals surface area contributed by atoms with Gasteiger partial charge >= 0.3 is 7.12 Å². The van der Waals surface area contributed by atoms with Crippen molar-refractivity contribution in [3.63, 3.8) is 0 Å². The molecule has 1 aromatic carbocycles. The summed E-state index contributed by atoms with van der Waals surface area (Å²) in [7, 11) is -0.143. The first-order valence-corrected chi connectivity index (χ1v) is 6.63. The van der Waals surface area contributed by atoms with E-state index in [1.807, 2.05) is 0 Å². The van der Waals surface area contributed by atoms with E-state index < -0.39 is 0 Å². The third-order valence-electron chi connectivity index (χ3n) is 4.19. The van der Waals surface area contributed by atoms with E-state index in [-0.39, 0.29) is 18.3 Å². The lowest BCUT2D eigenvalue weighted by Gasteiger charge is -2.32. The Morgan fingerprint density at radius 1 is 1.00 bits per heavy atom. The van der Waals surface area contributed by atoms with Crippen LogP contribution in [0.5, 0.6) is 0 Å². The van der Waals surface area contributed by atoms with Crippen molar-refractivity contribution in [1.82, 2.24) is 0 Å². The van der Waals surface area contributed by atoms with Gasteiger partial charge in [0.2, 0.25) is 0 Å². The zero-order valence-electron chi connectivity index (χ0n) is 12.3. The Balaban J connectivity index is 2.15. The molecule has 1 aliphatic rings. The van der Waals surface area contributed by atoms with Crippen molar-refractivity contribution < 1.29 is 9.31 Å². The highest BCUT2D eigenvalue weighted by Gasteiger charge is 2.50. The van der Waals surface area contributed by atoms with Crippen LogP contribution < -0.4 is 0 Å². The number of benzene rings is 1. The van der Waals surface area contributed by atoms with Gasteiger partial charge in [0.1, 0.15) is 0 Å². The molecule has 0 atom stereocenters. The van der Waals surface area contributed by atoms with Gasteiger partial charge in [-0.25, -0.2) is 0 Å². The van der Waals surface area contributed by atoms with Crippen molar-refractivity contribution in [3.8, 4) is 0 Å². The van der Waals surface area contributed by atoms with Crippen LogP contribution in [0.15, 0.2) is 18.2 Å². The van der Waals surface area contributed by atoms with Crippen molar-refractivity contribution in [2.24, 2.45) is 0 Å². The molecule has 0 unspecified atom stereocenters. The van der Waals surface area contributed by atoms with Gasteiger partial charge < -0.3 is 9.31 Å². The van der Waals surface area contributed by atoms with Crippen molar-refractivity contribution in [3.05, 3.63) is 34.9 Å². The van der Waals surface area contributed by atoms with Crippen LogP contribution >= 0.6 is 0 Å². The van der Waals surface area contributed by atoms with Gasteiger partial charge in [-0.05, 0) is 52.7 Å². The molecule has 3 heteroatoms. The molecular weight excluding hydrogens is 223 g/mol. The first kappa shape index (κ1) is 13.6. The molecule has 1 fully saturated rings. The summed E-state index contributed by atoms with van der Waals surface area (Å²) < 4.78 is 12.1. The van der Waals surface area contributed by atoms with Crippen LogP contribution in [0.1, 0.15) is 44.4 Å². The maximum atomic E-state index is 6.04. The highest BCUT2D eigenvalue weighted by atomic mass is 16.7. The second-order valence-electron chi connectivity index (χ2n) is 6.32. The van der Waals surface area contributed by atoms with Crippen LogP contribution in [0.3, 0.4) is 0 Å². The first-order chi connectivity index (χ1) is 8.21. The fourth-order valence-corrected chi connectivity index (χ4v) is 2.25. The largest absolute Gasteiger partial charge is 0.462 e.